The molecule has 0 aliphatic heterocycles. The molecule has 0 spiro atoms. The van der Waals surface area contributed by atoms with Crippen LogP contribution in [-0.4, -0.2) is 23.1 Å². The number of hydrogen-bond donors (Lipinski definition) is 1. The molecule has 1 aromatic carbocycles. The summed E-state index contributed by atoms with van der Waals surface area (Å²) in [7, 11) is 1.57. The fraction of sp³-hybridized carbons (Fsp3) is 0.250. The summed E-state index contributed by atoms with van der Waals surface area (Å²) in [4.78, 5) is 11.0. The lowest BCUT2D eigenvalue weighted by Crippen LogP contribution is -2.28. The lowest BCUT2D eigenvalue weighted by molar-refractivity contribution is -0.132. The van der Waals surface area contributed by atoms with Crippen LogP contribution >= 0.6 is 11.6 Å². The quantitative estimate of drug-likeness (QED) is 0.653. The second kappa shape index (κ2) is 6.33. The van der Waals surface area contributed by atoms with E-state index < -0.39 is 10.8 Å². The van der Waals surface area contributed by atoms with Crippen molar-refractivity contribution >= 4 is 23.1 Å². The highest BCUT2D eigenvalue weighted by Gasteiger charge is 2.34. The molecule has 0 amide bonds. The number of halogens is 1. The van der Waals surface area contributed by atoms with Gasteiger partial charge in [-0.3, -0.25) is 0 Å². The maximum Gasteiger partial charge on any atom is 0.336 e. The van der Waals surface area contributed by atoms with Crippen LogP contribution in [0.25, 0.3) is 5.57 Å². The largest absolute Gasteiger partial charge is 0.497 e. The van der Waals surface area contributed by atoms with E-state index in [9.17, 15) is 9.90 Å². The van der Waals surface area contributed by atoms with E-state index in [1.54, 1.807) is 19.3 Å². The van der Waals surface area contributed by atoms with Gasteiger partial charge in [-0.2, -0.15) is 0 Å². The highest BCUT2D eigenvalue weighted by Crippen LogP contribution is 2.40. The van der Waals surface area contributed by atoms with Crippen LogP contribution in [0, 0.1) is 5.92 Å². The third kappa shape index (κ3) is 2.92. The normalized spacial score (nSPS) is 25.8. The molecule has 0 radical (unpaired) electrons. The van der Waals surface area contributed by atoms with Gasteiger partial charge in [-0.25, -0.2) is 4.79 Å². The lowest BCUT2D eigenvalue weighted by Gasteiger charge is -2.29. The van der Waals surface area contributed by atoms with Crippen molar-refractivity contribution in [1.82, 2.24) is 0 Å². The first-order valence-corrected chi connectivity index (χ1v) is 8.21. The minimum atomic E-state index is -0.980. The molecule has 2 atom stereocenters. The first-order valence-electron chi connectivity index (χ1n) is 7.83. The molecule has 1 N–H and O–H groups in total. The average Bonchev–Trinajstić information content (AvgIpc) is 2.99. The van der Waals surface area contributed by atoms with Crippen LogP contribution in [0.4, 0.5) is 0 Å². The first-order chi connectivity index (χ1) is 11.4. The molecular weight excluding hydrogens is 324 g/mol. The van der Waals surface area contributed by atoms with Gasteiger partial charge in [0.25, 0.3) is 0 Å². The summed E-state index contributed by atoms with van der Waals surface area (Å²) >= 11 is 6.77. The monoisotopic (exact) mass is 342 g/mol. The Hall–Kier alpha value is -2.26. The van der Waals surface area contributed by atoms with Crippen molar-refractivity contribution in [2.45, 2.75) is 18.2 Å². The number of ether oxygens (including phenoxy) is 1. The van der Waals surface area contributed by atoms with Crippen molar-refractivity contribution in [2.24, 2.45) is 5.92 Å². The van der Waals surface area contributed by atoms with E-state index in [0.717, 1.165) is 23.1 Å². The number of allylic oxidation sites excluding steroid dienone is 5. The predicted molar refractivity (Wildman–Crippen MR) is 95.8 cm³/mol. The third-order valence-electron chi connectivity index (χ3n) is 4.57. The number of benzene rings is 1. The number of carbonyl (C=O) groups is 1. The minimum Gasteiger partial charge on any atom is -0.497 e. The number of alkyl halides is 1. The molecule has 2 aliphatic rings. The van der Waals surface area contributed by atoms with Crippen LogP contribution in [0.15, 0.2) is 66.0 Å². The maximum absolute atomic E-state index is 11.9. The summed E-state index contributed by atoms with van der Waals surface area (Å²) in [6.07, 6.45) is 9.87. The Balaban J connectivity index is 2.07. The molecule has 0 saturated carbocycles. The Morgan fingerprint density at radius 2 is 2.17 bits per heavy atom. The molecule has 0 saturated heterocycles. The number of fused-ring (bicyclic) bond motifs is 1. The fourth-order valence-corrected chi connectivity index (χ4v) is 3.39. The molecule has 124 valence electrons. The minimum absolute atomic E-state index is 0.0512. The Morgan fingerprint density at radius 1 is 1.42 bits per heavy atom. The van der Waals surface area contributed by atoms with Gasteiger partial charge in [-0.1, -0.05) is 43.3 Å². The predicted octanol–water partition coefficient (Wildman–Crippen LogP) is 4.35. The number of carboxylic acid groups (broad SMARTS) is 1. The van der Waals surface area contributed by atoms with Gasteiger partial charge in [0.15, 0.2) is 0 Å². The molecule has 0 fully saturated rings. The van der Waals surface area contributed by atoms with Crippen molar-refractivity contribution in [2.75, 3.05) is 7.11 Å². The van der Waals surface area contributed by atoms with Gasteiger partial charge in [0.05, 0.1) is 17.6 Å². The zero-order valence-electron chi connectivity index (χ0n) is 13.6. The van der Waals surface area contributed by atoms with Crippen LogP contribution in [0.1, 0.15) is 18.1 Å². The van der Waals surface area contributed by atoms with Crippen LogP contribution in [0.5, 0.6) is 0 Å². The zero-order valence-corrected chi connectivity index (χ0v) is 14.4. The van der Waals surface area contributed by atoms with Crippen molar-refractivity contribution in [3.05, 3.63) is 77.1 Å². The number of methoxy groups -OCH3 is 1. The van der Waals surface area contributed by atoms with E-state index in [1.807, 2.05) is 49.4 Å². The average molecular weight is 343 g/mol. The SMILES string of the molecule is COC1=CC(Cl)(/C=C(\C(=O)O)C2=CCc3ccccc32)C(C)C=C1. The van der Waals surface area contributed by atoms with E-state index in [2.05, 4.69) is 0 Å². The Labute approximate surface area is 146 Å². The Morgan fingerprint density at radius 3 is 2.88 bits per heavy atom. The summed E-state index contributed by atoms with van der Waals surface area (Å²) < 4.78 is 5.26. The van der Waals surface area contributed by atoms with Gasteiger partial charge in [0, 0.05) is 5.92 Å². The number of rotatable bonds is 4. The molecule has 2 unspecified atom stereocenters. The van der Waals surface area contributed by atoms with Crippen LogP contribution in [0.3, 0.4) is 0 Å². The van der Waals surface area contributed by atoms with Gasteiger partial charge in [0.1, 0.15) is 5.76 Å². The van der Waals surface area contributed by atoms with Gasteiger partial charge < -0.3 is 9.84 Å². The summed E-state index contributed by atoms with van der Waals surface area (Å²) in [6.45, 7) is 1.96. The van der Waals surface area contributed by atoms with Crippen molar-refractivity contribution in [3.63, 3.8) is 0 Å². The third-order valence-corrected chi connectivity index (χ3v) is 5.13. The van der Waals surface area contributed by atoms with Gasteiger partial charge >= 0.3 is 5.97 Å². The van der Waals surface area contributed by atoms with E-state index >= 15 is 0 Å². The van der Waals surface area contributed by atoms with Crippen LogP contribution in [0.2, 0.25) is 0 Å². The lowest BCUT2D eigenvalue weighted by atomic mass is 9.85. The molecule has 0 heterocycles. The molecule has 4 heteroatoms. The summed E-state index contributed by atoms with van der Waals surface area (Å²) in [5, 5.41) is 9.78. The van der Waals surface area contributed by atoms with Gasteiger partial charge in [-0.05, 0) is 41.3 Å². The van der Waals surface area contributed by atoms with Gasteiger partial charge in [0.2, 0.25) is 0 Å². The standard InChI is InChI=1S/C20H19ClO3/c1-13-7-9-15(24-2)11-20(13,21)12-18(19(22)23)17-10-8-14-5-3-4-6-16(14)17/h3-7,9-13H,8H2,1-2H3,(H,22,23)/b18-12-. The second-order valence-electron chi connectivity index (χ2n) is 6.07. The molecular formula is C20H19ClO3. The van der Waals surface area contributed by atoms with E-state index in [0.29, 0.717) is 5.76 Å². The fourth-order valence-electron chi connectivity index (χ4n) is 3.10. The number of aliphatic carboxylic acids is 1. The topological polar surface area (TPSA) is 46.5 Å². The summed E-state index contributed by atoms with van der Waals surface area (Å²) in [6, 6.07) is 7.85. The molecule has 1 aromatic rings. The summed E-state index contributed by atoms with van der Waals surface area (Å²) in [5.74, 6) is -0.401. The number of hydrogen-bond acceptors (Lipinski definition) is 2. The number of carboxylic acids is 1. The molecule has 3 nitrogen and oxygen atoms in total. The molecule has 0 aromatic heterocycles. The van der Waals surface area contributed by atoms with E-state index in [1.165, 1.54) is 0 Å². The van der Waals surface area contributed by atoms with Crippen molar-refractivity contribution in [3.8, 4) is 0 Å². The Kier molecular flexibility index (Phi) is 4.37. The zero-order chi connectivity index (χ0) is 17.3. The van der Waals surface area contributed by atoms with Crippen molar-refractivity contribution < 1.29 is 14.6 Å². The van der Waals surface area contributed by atoms with E-state index in [-0.39, 0.29) is 11.5 Å². The Bertz CT molecular complexity index is 801. The molecule has 3 rings (SSSR count). The van der Waals surface area contributed by atoms with Crippen LogP contribution < -0.4 is 0 Å². The molecule has 0 bridgehead atoms. The summed E-state index contributed by atoms with van der Waals surface area (Å²) in [5.41, 5.74) is 3.05. The highest BCUT2D eigenvalue weighted by molar-refractivity contribution is 6.28. The maximum atomic E-state index is 11.9. The molecule has 2 aliphatic carbocycles. The second-order valence-corrected chi connectivity index (χ2v) is 6.72. The highest BCUT2D eigenvalue weighted by atomic mass is 35.5. The van der Waals surface area contributed by atoms with Crippen LogP contribution in [-0.2, 0) is 16.0 Å². The first kappa shape index (κ1) is 16.6. The smallest absolute Gasteiger partial charge is 0.336 e. The van der Waals surface area contributed by atoms with E-state index in [4.69, 9.17) is 16.3 Å². The molecule has 24 heavy (non-hydrogen) atoms. The van der Waals surface area contributed by atoms with Crippen molar-refractivity contribution in [1.29, 1.82) is 0 Å². The van der Waals surface area contributed by atoms with Gasteiger partial charge in [-0.15, -0.1) is 11.6 Å².